The number of para-hydroxylation sites is 1. The molecule has 0 atom stereocenters. The second-order valence-electron chi connectivity index (χ2n) is 2.69. The molecule has 0 radical (unpaired) electrons. The lowest BCUT2D eigenvalue weighted by molar-refractivity contribution is 0.171. The topological polar surface area (TPSA) is 29.5 Å². The first-order chi connectivity index (χ1) is 6.11. The van der Waals surface area contributed by atoms with Crippen LogP contribution in [-0.4, -0.2) is 25.1 Å². The van der Waals surface area contributed by atoms with Gasteiger partial charge < -0.3 is 9.64 Å². The number of carbonyl (C=O) groups is 1. The van der Waals surface area contributed by atoms with Crippen molar-refractivity contribution in [1.29, 1.82) is 0 Å². The SMILES string of the molecule is CN(C)C(=O)Oc1ccccc1Br. The molecule has 3 nitrogen and oxygen atoms in total. The van der Waals surface area contributed by atoms with Crippen LogP contribution < -0.4 is 4.74 Å². The van der Waals surface area contributed by atoms with Gasteiger partial charge >= 0.3 is 6.09 Å². The molecule has 0 saturated heterocycles. The molecule has 0 aliphatic carbocycles. The summed E-state index contributed by atoms with van der Waals surface area (Å²) < 4.78 is 5.82. The summed E-state index contributed by atoms with van der Waals surface area (Å²) in [5.41, 5.74) is 0. The van der Waals surface area contributed by atoms with Gasteiger partial charge in [0.2, 0.25) is 0 Å². The number of amides is 1. The molecule has 1 rings (SSSR count). The van der Waals surface area contributed by atoms with Gasteiger partial charge in [-0.25, -0.2) is 4.79 Å². The van der Waals surface area contributed by atoms with Crippen molar-refractivity contribution in [1.82, 2.24) is 4.90 Å². The van der Waals surface area contributed by atoms with Gasteiger partial charge in [-0.15, -0.1) is 0 Å². The van der Waals surface area contributed by atoms with Crippen LogP contribution in [0.15, 0.2) is 28.7 Å². The Bertz CT molecular complexity index is 312. The summed E-state index contributed by atoms with van der Waals surface area (Å²) in [5, 5.41) is 0. The van der Waals surface area contributed by atoms with Gasteiger partial charge in [-0.1, -0.05) is 12.1 Å². The van der Waals surface area contributed by atoms with E-state index in [-0.39, 0.29) is 6.09 Å². The molecule has 13 heavy (non-hydrogen) atoms. The van der Waals surface area contributed by atoms with Crippen LogP contribution in [0, 0.1) is 0 Å². The zero-order chi connectivity index (χ0) is 9.84. The van der Waals surface area contributed by atoms with Gasteiger partial charge in [-0.3, -0.25) is 0 Å². The Balaban J connectivity index is 2.75. The van der Waals surface area contributed by atoms with E-state index >= 15 is 0 Å². The lowest BCUT2D eigenvalue weighted by atomic mass is 10.3. The predicted molar refractivity (Wildman–Crippen MR) is 53.9 cm³/mol. The van der Waals surface area contributed by atoms with Gasteiger partial charge in [-0.05, 0) is 28.1 Å². The molecule has 70 valence electrons. The highest BCUT2D eigenvalue weighted by atomic mass is 79.9. The van der Waals surface area contributed by atoms with Crippen molar-refractivity contribution in [3.63, 3.8) is 0 Å². The number of ether oxygens (including phenoxy) is 1. The highest BCUT2D eigenvalue weighted by Gasteiger charge is 2.08. The van der Waals surface area contributed by atoms with Crippen molar-refractivity contribution in [2.75, 3.05) is 14.1 Å². The molecule has 1 aromatic rings. The number of carbonyl (C=O) groups excluding carboxylic acids is 1. The Kier molecular flexibility index (Phi) is 3.31. The number of rotatable bonds is 1. The van der Waals surface area contributed by atoms with Crippen LogP contribution in [0.25, 0.3) is 0 Å². The van der Waals surface area contributed by atoms with E-state index in [1.165, 1.54) is 4.90 Å². The molecule has 0 bridgehead atoms. The van der Waals surface area contributed by atoms with Gasteiger partial charge in [0, 0.05) is 14.1 Å². The first-order valence-electron chi connectivity index (χ1n) is 3.75. The van der Waals surface area contributed by atoms with E-state index in [2.05, 4.69) is 15.9 Å². The van der Waals surface area contributed by atoms with E-state index < -0.39 is 0 Å². The van der Waals surface area contributed by atoms with Crippen molar-refractivity contribution in [2.24, 2.45) is 0 Å². The Morgan fingerprint density at radius 1 is 1.38 bits per heavy atom. The third-order valence-electron chi connectivity index (χ3n) is 1.40. The van der Waals surface area contributed by atoms with Crippen molar-refractivity contribution in [3.8, 4) is 5.75 Å². The third-order valence-corrected chi connectivity index (χ3v) is 2.05. The minimum Gasteiger partial charge on any atom is -0.409 e. The first-order valence-corrected chi connectivity index (χ1v) is 4.54. The molecule has 0 saturated carbocycles. The molecular weight excluding hydrogens is 234 g/mol. The second kappa shape index (κ2) is 4.28. The molecule has 0 aliphatic heterocycles. The number of nitrogens with zero attached hydrogens (tertiary/aromatic N) is 1. The smallest absolute Gasteiger partial charge is 0.409 e. The largest absolute Gasteiger partial charge is 0.414 e. The molecule has 1 aromatic carbocycles. The van der Waals surface area contributed by atoms with Crippen molar-refractivity contribution >= 4 is 22.0 Å². The monoisotopic (exact) mass is 243 g/mol. The van der Waals surface area contributed by atoms with Crippen LogP contribution in [0.4, 0.5) is 4.79 Å². The Morgan fingerprint density at radius 3 is 2.54 bits per heavy atom. The lowest BCUT2D eigenvalue weighted by Crippen LogP contribution is -2.25. The fraction of sp³-hybridized carbons (Fsp3) is 0.222. The Hall–Kier alpha value is -1.03. The molecule has 0 spiro atoms. The molecule has 0 N–H and O–H groups in total. The number of halogens is 1. The molecule has 4 heteroatoms. The van der Waals surface area contributed by atoms with Crippen LogP contribution in [0.1, 0.15) is 0 Å². The number of benzene rings is 1. The summed E-state index contributed by atoms with van der Waals surface area (Å²) in [7, 11) is 3.28. The van der Waals surface area contributed by atoms with Gasteiger partial charge in [0.05, 0.1) is 4.47 Å². The van der Waals surface area contributed by atoms with Crippen molar-refractivity contribution < 1.29 is 9.53 Å². The summed E-state index contributed by atoms with van der Waals surface area (Å²) in [6.07, 6.45) is -0.383. The summed E-state index contributed by atoms with van der Waals surface area (Å²) >= 11 is 3.28. The second-order valence-corrected chi connectivity index (χ2v) is 3.55. The minimum atomic E-state index is -0.383. The normalized spacial score (nSPS) is 9.46. The maximum absolute atomic E-state index is 11.1. The first kappa shape index (κ1) is 10.1. The maximum Gasteiger partial charge on any atom is 0.414 e. The lowest BCUT2D eigenvalue weighted by Gasteiger charge is -2.11. The average molecular weight is 244 g/mol. The van der Waals surface area contributed by atoms with Crippen LogP contribution in [-0.2, 0) is 0 Å². The number of hydrogen-bond acceptors (Lipinski definition) is 2. The zero-order valence-corrected chi connectivity index (χ0v) is 9.04. The third kappa shape index (κ3) is 2.73. The average Bonchev–Trinajstić information content (AvgIpc) is 2.08. The van der Waals surface area contributed by atoms with E-state index in [4.69, 9.17) is 4.74 Å². The fourth-order valence-electron chi connectivity index (χ4n) is 0.713. The van der Waals surface area contributed by atoms with Gasteiger partial charge in [0.25, 0.3) is 0 Å². The number of hydrogen-bond donors (Lipinski definition) is 0. The Morgan fingerprint density at radius 2 is 2.00 bits per heavy atom. The van der Waals surface area contributed by atoms with Crippen LogP contribution >= 0.6 is 15.9 Å². The van der Waals surface area contributed by atoms with Crippen LogP contribution in [0.5, 0.6) is 5.75 Å². The van der Waals surface area contributed by atoms with E-state index in [0.29, 0.717) is 5.75 Å². The van der Waals surface area contributed by atoms with Crippen LogP contribution in [0.2, 0.25) is 0 Å². The summed E-state index contributed by atoms with van der Waals surface area (Å²) in [4.78, 5) is 12.5. The highest BCUT2D eigenvalue weighted by Crippen LogP contribution is 2.23. The summed E-state index contributed by atoms with van der Waals surface area (Å²) in [6, 6.07) is 7.21. The van der Waals surface area contributed by atoms with Crippen LogP contribution in [0.3, 0.4) is 0 Å². The summed E-state index contributed by atoms with van der Waals surface area (Å²) in [6.45, 7) is 0. The van der Waals surface area contributed by atoms with Crippen molar-refractivity contribution in [3.05, 3.63) is 28.7 Å². The molecular formula is C9H10BrNO2. The maximum atomic E-state index is 11.1. The molecule has 0 aliphatic rings. The predicted octanol–water partition coefficient (Wildman–Crippen LogP) is 2.51. The molecule has 0 fully saturated rings. The zero-order valence-electron chi connectivity index (χ0n) is 7.45. The summed E-state index contributed by atoms with van der Waals surface area (Å²) in [5.74, 6) is 0.529. The Labute approximate surface area is 85.4 Å². The highest BCUT2D eigenvalue weighted by molar-refractivity contribution is 9.10. The van der Waals surface area contributed by atoms with Crippen molar-refractivity contribution in [2.45, 2.75) is 0 Å². The fourth-order valence-corrected chi connectivity index (χ4v) is 1.08. The minimum absolute atomic E-state index is 0.383. The standard InChI is InChI=1S/C9H10BrNO2/c1-11(2)9(12)13-8-6-4-3-5-7(8)10/h3-6H,1-2H3. The van der Waals surface area contributed by atoms with E-state index in [0.717, 1.165) is 4.47 Å². The molecule has 1 amide bonds. The quantitative estimate of drug-likeness (QED) is 0.759. The molecule has 0 aromatic heterocycles. The molecule has 0 heterocycles. The van der Waals surface area contributed by atoms with Gasteiger partial charge in [0.15, 0.2) is 0 Å². The van der Waals surface area contributed by atoms with E-state index in [1.54, 1.807) is 20.2 Å². The van der Waals surface area contributed by atoms with Gasteiger partial charge in [0.1, 0.15) is 5.75 Å². The molecule has 0 unspecified atom stereocenters. The van der Waals surface area contributed by atoms with E-state index in [9.17, 15) is 4.79 Å². The van der Waals surface area contributed by atoms with Gasteiger partial charge in [-0.2, -0.15) is 0 Å². The van der Waals surface area contributed by atoms with E-state index in [1.807, 2.05) is 18.2 Å².